The van der Waals surface area contributed by atoms with Crippen molar-refractivity contribution in [1.29, 1.82) is 0 Å². The molecule has 1 rings (SSSR count). The predicted molar refractivity (Wildman–Crippen MR) is 62.3 cm³/mol. The summed E-state index contributed by atoms with van der Waals surface area (Å²) in [7, 11) is 0. The molecular weight excluding hydrogens is 226 g/mol. The second-order valence-electron chi connectivity index (χ2n) is 3.41. The van der Waals surface area contributed by atoms with E-state index in [1.54, 1.807) is 0 Å². The van der Waals surface area contributed by atoms with E-state index in [4.69, 9.17) is 0 Å². The van der Waals surface area contributed by atoms with E-state index < -0.39 is 0 Å². The first kappa shape index (κ1) is 10.6. The molecule has 0 heterocycles. The molecule has 0 fully saturated rings. The van der Waals surface area contributed by atoms with Crippen molar-refractivity contribution in [3.8, 4) is 0 Å². The molecule has 1 aromatic rings. The van der Waals surface area contributed by atoms with E-state index in [2.05, 4.69) is 60.2 Å². The third-order valence-corrected chi connectivity index (χ3v) is 2.70. The molecule has 0 aliphatic heterocycles. The molecule has 1 nitrogen and oxygen atoms in total. The van der Waals surface area contributed by atoms with Gasteiger partial charge in [0.2, 0.25) is 0 Å². The molecule has 13 heavy (non-hydrogen) atoms. The molecule has 0 radical (unpaired) electrons. The molecule has 0 aromatic heterocycles. The Morgan fingerprint density at radius 2 is 2.15 bits per heavy atom. The molecule has 1 N–H and O–H groups in total. The highest BCUT2D eigenvalue weighted by molar-refractivity contribution is 9.10. The molecule has 0 spiro atoms. The van der Waals surface area contributed by atoms with E-state index in [0.717, 1.165) is 10.9 Å². The van der Waals surface area contributed by atoms with Crippen LogP contribution in [0.2, 0.25) is 0 Å². The number of hydrogen-bond acceptors (Lipinski definition) is 1. The molecule has 0 amide bonds. The van der Waals surface area contributed by atoms with Gasteiger partial charge < -0.3 is 5.32 Å². The van der Waals surface area contributed by atoms with E-state index in [1.807, 2.05) is 0 Å². The lowest BCUT2D eigenvalue weighted by Crippen LogP contribution is -2.13. The number of benzene rings is 1. The van der Waals surface area contributed by atoms with Crippen LogP contribution in [0.25, 0.3) is 0 Å². The summed E-state index contributed by atoms with van der Waals surface area (Å²) in [6.07, 6.45) is 1.15. The molecule has 2 heteroatoms. The zero-order valence-electron chi connectivity index (χ0n) is 8.39. The monoisotopic (exact) mass is 241 g/mol. The molecule has 0 saturated carbocycles. The lowest BCUT2D eigenvalue weighted by Gasteiger charge is -2.15. The zero-order chi connectivity index (χ0) is 9.84. The van der Waals surface area contributed by atoms with Crippen LogP contribution in [-0.2, 0) is 0 Å². The van der Waals surface area contributed by atoms with Gasteiger partial charge in [0.05, 0.1) is 0 Å². The SMILES string of the molecule is CCC(C)Nc1ccc(Br)cc1C. The topological polar surface area (TPSA) is 12.0 Å². The number of rotatable bonds is 3. The van der Waals surface area contributed by atoms with Crippen molar-refractivity contribution in [2.24, 2.45) is 0 Å². The van der Waals surface area contributed by atoms with Gasteiger partial charge in [-0.3, -0.25) is 0 Å². The van der Waals surface area contributed by atoms with Gasteiger partial charge in [-0.2, -0.15) is 0 Å². The molecule has 0 aliphatic carbocycles. The predicted octanol–water partition coefficient (Wildman–Crippen LogP) is 3.97. The summed E-state index contributed by atoms with van der Waals surface area (Å²) in [5.74, 6) is 0. The third-order valence-electron chi connectivity index (χ3n) is 2.20. The summed E-state index contributed by atoms with van der Waals surface area (Å²) in [5.41, 5.74) is 2.52. The second kappa shape index (κ2) is 4.66. The first-order valence-electron chi connectivity index (χ1n) is 4.66. The van der Waals surface area contributed by atoms with Crippen LogP contribution in [0.3, 0.4) is 0 Å². The first-order valence-corrected chi connectivity index (χ1v) is 5.45. The van der Waals surface area contributed by atoms with Crippen molar-refractivity contribution in [1.82, 2.24) is 0 Å². The van der Waals surface area contributed by atoms with Gasteiger partial charge in [0.15, 0.2) is 0 Å². The molecule has 1 unspecified atom stereocenters. The van der Waals surface area contributed by atoms with Crippen molar-refractivity contribution >= 4 is 21.6 Å². The van der Waals surface area contributed by atoms with Gasteiger partial charge >= 0.3 is 0 Å². The zero-order valence-corrected chi connectivity index (χ0v) is 9.98. The second-order valence-corrected chi connectivity index (χ2v) is 4.33. The van der Waals surface area contributed by atoms with E-state index in [-0.39, 0.29) is 0 Å². The van der Waals surface area contributed by atoms with Crippen molar-refractivity contribution in [3.63, 3.8) is 0 Å². The molecule has 72 valence electrons. The van der Waals surface area contributed by atoms with E-state index >= 15 is 0 Å². The maximum atomic E-state index is 3.47. The fourth-order valence-electron chi connectivity index (χ4n) is 1.16. The highest BCUT2D eigenvalue weighted by Gasteiger charge is 2.01. The summed E-state index contributed by atoms with van der Waals surface area (Å²) in [6, 6.07) is 6.86. The minimum absolute atomic E-state index is 0.542. The van der Waals surface area contributed by atoms with Crippen molar-refractivity contribution < 1.29 is 0 Å². The number of nitrogens with one attached hydrogen (secondary N) is 1. The Bertz CT molecular complexity index is 283. The van der Waals surface area contributed by atoms with Gasteiger partial charge in [0.25, 0.3) is 0 Å². The standard InChI is InChI=1S/C11H16BrN/c1-4-9(3)13-11-6-5-10(12)7-8(11)2/h5-7,9,13H,4H2,1-3H3. The molecule has 0 aliphatic rings. The Labute approximate surface area is 88.7 Å². The molecular formula is C11H16BrN. The summed E-state index contributed by atoms with van der Waals surface area (Å²) in [4.78, 5) is 0. The van der Waals surface area contributed by atoms with E-state index in [1.165, 1.54) is 11.3 Å². The van der Waals surface area contributed by atoms with E-state index in [9.17, 15) is 0 Å². The van der Waals surface area contributed by atoms with Gasteiger partial charge in [-0.25, -0.2) is 0 Å². The Balaban J connectivity index is 2.77. The summed E-state index contributed by atoms with van der Waals surface area (Å²) < 4.78 is 1.14. The van der Waals surface area contributed by atoms with Gasteiger partial charge in [0, 0.05) is 16.2 Å². The maximum Gasteiger partial charge on any atom is 0.0372 e. The molecule has 0 saturated heterocycles. The van der Waals surface area contributed by atoms with Crippen LogP contribution in [0.15, 0.2) is 22.7 Å². The van der Waals surface area contributed by atoms with Gasteiger partial charge in [0.1, 0.15) is 0 Å². The first-order chi connectivity index (χ1) is 6.13. The summed E-state index contributed by atoms with van der Waals surface area (Å²) in [5, 5.41) is 3.47. The highest BCUT2D eigenvalue weighted by Crippen LogP contribution is 2.20. The fourth-order valence-corrected chi connectivity index (χ4v) is 1.63. The maximum absolute atomic E-state index is 3.47. The van der Waals surface area contributed by atoms with Crippen LogP contribution >= 0.6 is 15.9 Å². The number of aryl methyl sites for hydroxylation is 1. The van der Waals surface area contributed by atoms with Crippen LogP contribution < -0.4 is 5.32 Å². The van der Waals surface area contributed by atoms with Crippen LogP contribution in [0.5, 0.6) is 0 Å². The van der Waals surface area contributed by atoms with Crippen LogP contribution in [0, 0.1) is 6.92 Å². The van der Waals surface area contributed by atoms with Crippen molar-refractivity contribution in [2.75, 3.05) is 5.32 Å². The Morgan fingerprint density at radius 1 is 1.46 bits per heavy atom. The van der Waals surface area contributed by atoms with Crippen molar-refractivity contribution in [3.05, 3.63) is 28.2 Å². The summed E-state index contributed by atoms with van der Waals surface area (Å²) in [6.45, 7) is 6.50. The van der Waals surface area contributed by atoms with Gasteiger partial charge in [-0.05, 0) is 44.0 Å². The molecule has 0 bridgehead atoms. The minimum Gasteiger partial charge on any atom is -0.382 e. The Morgan fingerprint density at radius 3 is 2.69 bits per heavy atom. The number of anilines is 1. The number of hydrogen-bond donors (Lipinski definition) is 1. The van der Waals surface area contributed by atoms with E-state index in [0.29, 0.717) is 6.04 Å². The van der Waals surface area contributed by atoms with Crippen LogP contribution in [0.4, 0.5) is 5.69 Å². The van der Waals surface area contributed by atoms with Crippen LogP contribution in [0.1, 0.15) is 25.8 Å². The lowest BCUT2D eigenvalue weighted by molar-refractivity contribution is 0.763. The van der Waals surface area contributed by atoms with Gasteiger partial charge in [-0.1, -0.05) is 22.9 Å². The fraction of sp³-hybridized carbons (Fsp3) is 0.455. The number of halogens is 1. The van der Waals surface area contributed by atoms with Gasteiger partial charge in [-0.15, -0.1) is 0 Å². The minimum atomic E-state index is 0.542. The average molecular weight is 242 g/mol. The summed E-state index contributed by atoms with van der Waals surface area (Å²) >= 11 is 3.45. The van der Waals surface area contributed by atoms with Crippen molar-refractivity contribution in [2.45, 2.75) is 33.2 Å². The normalized spacial score (nSPS) is 12.6. The lowest BCUT2D eigenvalue weighted by atomic mass is 10.1. The average Bonchev–Trinajstić information content (AvgIpc) is 2.09. The van der Waals surface area contributed by atoms with Crippen LogP contribution in [-0.4, -0.2) is 6.04 Å². The smallest absolute Gasteiger partial charge is 0.0372 e. The third kappa shape index (κ3) is 3.03. The largest absolute Gasteiger partial charge is 0.382 e. The molecule has 1 atom stereocenters. The highest BCUT2D eigenvalue weighted by atomic mass is 79.9. The Hall–Kier alpha value is -0.500. The Kier molecular flexibility index (Phi) is 3.79. The molecule has 1 aromatic carbocycles. The quantitative estimate of drug-likeness (QED) is 0.845.